The number of benzene rings is 1. The third-order valence-electron chi connectivity index (χ3n) is 3.80. The first-order valence-corrected chi connectivity index (χ1v) is 9.47. The van der Waals surface area contributed by atoms with E-state index in [1.807, 2.05) is 24.3 Å². The molecule has 0 atom stereocenters. The quantitative estimate of drug-likeness (QED) is 0.452. The number of thiazole rings is 1. The van der Waals surface area contributed by atoms with E-state index in [2.05, 4.69) is 20.7 Å². The van der Waals surface area contributed by atoms with Crippen LogP contribution in [0.2, 0.25) is 0 Å². The number of nitrogens with one attached hydrogen (secondary N) is 2. The fraction of sp³-hybridized carbons (Fsp3) is 0.333. The Hall–Kier alpha value is -2.78. The summed E-state index contributed by atoms with van der Waals surface area (Å²) in [6, 6.07) is 7.83. The predicted molar refractivity (Wildman–Crippen MR) is 103 cm³/mol. The number of aromatic nitrogens is 3. The Morgan fingerprint density at radius 3 is 2.81 bits per heavy atom. The maximum absolute atomic E-state index is 12.3. The fourth-order valence-electron chi connectivity index (χ4n) is 2.57. The number of rotatable bonds is 8. The molecular weight excluding hydrogens is 366 g/mol. The smallest absolute Gasteiger partial charge is 0.341 e. The van der Waals surface area contributed by atoms with Gasteiger partial charge in [0.15, 0.2) is 0 Å². The molecule has 0 saturated carbocycles. The van der Waals surface area contributed by atoms with Gasteiger partial charge in [-0.3, -0.25) is 4.79 Å². The summed E-state index contributed by atoms with van der Waals surface area (Å²) in [5.41, 5.74) is 1.97. The molecule has 3 aromatic rings. The van der Waals surface area contributed by atoms with E-state index in [-0.39, 0.29) is 5.91 Å². The second-order valence-corrected chi connectivity index (χ2v) is 6.77. The van der Waals surface area contributed by atoms with Crippen LogP contribution in [0.3, 0.4) is 0 Å². The number of carbonyl (C=O) groups excluding carboxylic acids is 2. The number of esters is 1. The predicted octanol–water partition coefficient (Wildman–Crippen LogP) is 1.88. The van der Waals surface area contributed by atoms with Crippen LogP contribution in [-0.4, -0.2) is 46.3 Å². The van der Waals surface area contributed by atoms with Gasteiger partial charge in [-0.2, -0.15) is 5.10 Å². The van der Waals surface area contributed by atoms with Crippen molar-refractivity contribution in [2.75, 3.05) is 19.7 Å². The van der Waals surface area contributed by atoms with Gasteiger partial charge >= 0.3 is 5.97 Å². The summed E-state index contributed by atoms with van der Waals surface area (Å²) in [5, 5.41) is 11.0. The molecule has 2 aromatic heterocycles. The fourth-order valence-corrected chi connectivity index (χ4v) is 3.52. The largest absolute Gasteiger partial charge is 0.462 e. The van der Waals surface area contributed by atoms with Gasteiger partial charge in [-0.15, -0.1) is 0 Å². The second kappa shape index (κ2) is 8.74. The molecule has 8 nitrogen and oxygen atoms in total. The van der Waals surface area contributed by atoms with E-state index in [0.717, 1.165) is 10.2 Å². The molecule has 0 aliphatic rings. The molecule has 27 heavy (non-hydrogen) atoms. The number of hydrogen-bond donors (Lipinski definition) is 2. The first-order chi connectivity index (χ1) is 13.1. The molecule has 1 aromatic carbocycles. The Bertz CT molecular complexity index is 917. The highest BCUT2D eigenvalue weighted by atomic mass is 32.1. The molecule has 0 radical (unpaired) electrons. The van der Waals surface area contributed by atoms with Gasteiger partial charge in [0.05, 0.1) is 28.7 Å². The summed E-state index contributed by atoms with van der Waals surface area (Å²) < 4.78 is 7.86. The SMILES string of the molecule is CCOC(=O)c1cnn(-c2nc3ccccc3s2)c1CNCCNC(C)=O. The van der Waals surface area contributed by atoms with Crippen LogP contribution < -0.4 is 10.6 Å². The standard InChI is InChI=1S/C18H21N5O3S/c1-3-26-17(25)13-10-21-23(15(13)11-19-8-9-20-12(2)24)18-22-14-6-4-5-7-16(14)27-18/h4-7,10,19H,3,8-9,11H2,1-2H3,(H,20,24). The molecule has 0 unspecified atom stereocenters. The summed E-state index contributed by atoms with van der Waals surface area (Å²) in [4.78, 5) is 27.8. The van der Waals surface area contributed by atoms with Crippen LogP contribution in [0, 0.1) is 0 Å². The number of para-hydroxylation sites is 1. The number of hydrogen-bond acceptors (Lipinski definition) is 7. The Morgan fingerprint density at radius 2 is 2.07 bits per heavy atom. The summed E-state index contributed by atoms with van der Waals surface area (Å²) >= 11 is 1.50. The minimum Gasteiger partial charge on any atom is -0.462 e. The summed E-state index contributed by atoms with van der Waals surface area (Å²) in [6.45, 7) is 4.98. The Kier molecular flexibility index (Phi) is 6.15. The summed E-state index contributed by atoms with van der Waals surface area (Å²) in [5.74, 6) is -0.493. The number of ether oxygens (including phenoxy) is 1. The van der Waals surface area contributed by atoms with Crippen LogP contribution in [0.15, 0.2) is 30.5 Å². The van der Waals surface area contributed by atoms with Crippen LogP contribution in [-0.2, 0) is 16.1 Å². The van der Waals surface area contributed by atoms with Crippen molar-refractivity contribution in [3.63, 3.8) is 0 Å². The first-order valence-electron chi connectivity index (χ1n) is 8.65. The van der Waals surface area contributed by atoms with E-state index in [4.69, 9.17) is 4.74 Å². The molecule has 1 amide bonds. The van der Waals surface area contributed by atoms with Crippen molar-refractivity contribution in [2.45, 2.75) is 20.4 Å². The third kappa shape index (κ3) is 4.50. The van der Waals surface area contributed by atoms with Crippen molar-refractivity contribution >= 4 is 33.4 Å². The Labute approximate surface area is 160 Å². The molecule has 3 rings (SSSR count). The zero-order valence-electron chi connectivity index (χ0n) is 15.2. The maximum Gasteiger partial charge on any atom is 0.341 e. The van der Waals surface area contributed by atoms with Crippen molar-refractivity contribution in [1.82, 2.24) is 25.4 Å². The van der Waals surface area contributed by atoms with Crippen molar-refractivity contribution in [3.8, 4) is 5.13 Å². The van der Waals surface area contributed by atoms with Crippen molar-refractivity contribution in [2.24, 2.45) is 0 Å². The monoisotopic (exact) mass is 387 g/mol. The number of amides is 1. The van der Waals surface area contributed by atoms with Crippen LogP contribution >= 0.6 is 11.3 Å². The van der Waals surface area contributed by atoms with Crippen molar-refractivity contribution in [3.05, 3.63) is 41.7 Å². The Morgan fingerprint density at radius 1 is 1.26 bits per heavy atom. The van der Waals surface area contributed by atoms with E-state index >= 15 is 0 Å². The molecule has 0 aliphatic heterocycles. The lowest BCUT2D eigenvalue weighted by Gasteiger charge is -2.09. The molecule has 0 spiro atoms. The molecule has 0 bridgehead atoms. The molecule has 142 valence electrons. The molecular formula is C18H21N5O3S. The number of carbonyl (C=O) groups is 2. The van der Waals surface area contributed by atoms with Gasteiger partial charge in [0, 0.05) is 26.6 Å². The van der Waals surface area contributed by atoms with Crippen LogP contribution in [0.4, 0.5) is 0 Å². The van der Waals surface area contributed by atoms with Crippen molar-refractivity contribution < 1.29 is 14.3 Å². The number of nitrogens with zero attached hydrogens (tertiary/aromatic N) is 3. The molecule has 9 heteroatoms. The summed E-state index contributed by atoms with van der Waals surface area (Å²) in [7, 11) is 0. The molecule has 0 fully saturated rings. The van der Waals surface area contributed by atoms with E-state index < -0.39 is 5.97 Å². The van der Waals surface area contributed by atoms with Crippen LogP contribution in [0.1, 0.15) is 29.9 Å². The molecule has 2 N–H and O–H groups in total. The minimum absolute atomic E-state index is 0.0801. The third-order valence-corrected chi connectivity index (χ3v) is 4.81. The first kappa shape index (κ1) is 19.0. The van der Waals surface area contributed by atoms with Gasteiger partial charge in [0.2, 0.25) is 11.0 Å². The van der Waals surface area contributed by atoms with Crippen LogP contribution in [0.25, 0.3) is 15.3 Å². The van der Waals surface area contributed by atoms with E-state index in [9.17, 15) is 9.59 Å². The minimum atomic E-state index is -0.413. The summed E-state index contributed by atoms with van der Waals surface area (Å²) in [6.07, 6.45) is 1.51. The zero-order valence-corrected chi connectivity index (χ0v) is 16.0. The van der Waals surface area contributed by atoms with Gasteiger partial charge in [-0.05, 0) is 19.1 Å². The normalized spacial score (nSPS) is 10.9. The zero-order chi connectivity index (χ0) is 19.2. The van der Waals surface area contributed by atoms with Gasteiger partial charge in [0.25, 0.3) is 0 Å². The Balaban J connectivity index is 1.86. The van der Waals surface area contributed by atoms with Gasteiger partial charge in [-0.25, -0.2) is 14.5 Å². The highest BCUT2D eigenvalue weighted by molar-refractivity contribution is 7.20. The lowest BCUT2D eigenvalue weighted by Crippen LogP contribution is -2.30. The highest BCUT2D eigenvalue weighted by Gasteiger charge is 2.21. The highest BCUT2D eigenvalue weighted by Crippen LogP contribution is 2.26. The van der Waals surface area contributed by atoms with E-state index in [1.54, 1.807) is 11.6 Å². The lowest BCUT2D eigenvalue weighted by molar-refractivity contribution is -0.118. The molecule has 0 aliphatic carbocycles. The second-order valence-electron chi connectivity index (χ2n) is 5.76. The maximum atomic E-state index is 12.3. The topological polar surface area (TPSA) is 98.1 Å². The number of fused-ring (bicyclic) bond motifs is 1. The van der Waals surface area contributed by atoms with Gasteiger partial charge < -0.3 is 15.4 Å². The van der Waals surface area contributed by atoms with Crippen molar-refractivity contribution in [1.29, 1.82) is 0 Å². The molecule has 2 heterocycles. The average Bonchev–Trinajstić information content (AvgIpc) is 3.25. The van der Waals surface area contributed by atoms with Gasteiger partial charge in [-0.1, -0.05) is 23.5 Å². The average molecular weight is 387 g/mol. The van der Waals surface area contributed by atoms with E-state index in [1.165, 1.54) is 24.5 Å². The van der Waals surface area contributed by atoms with Crippen LogP contribution in [0.5, 0.6) is 0 Å². The molecule has 0 saturated heterocycles. The van der Waals surface area contributed by atoms with E-state index in [0.29, 0.717) is 42.6 Å². The van der Waals surface area contributed by atoms with Gasteiger partial charge in [0.1, 0.15) is 5.56 Å². The lowest BCUT2D eigenvalue weighted by atomic mass is 10.2.